The van der Waals surface area contributed by atoms with E-state index in [2.05, 4.69) is 286 Å². The minimum Gasteiger partial charge on any atom is -0.310 e. The number of benzene rings is 11. The third-order valence-corrected chi connectivity index (χ3v) is 15.2. The number of rotatable bonds is 9. The third kappa shape index (κ3) is 6.89. The Kier molecular flexibility index (Phi) is 9.68. The molecule has 0 fully saturated rings. The van der Waals surface area contributed by atoms with Crippen molar-refractivity contribution in [3.8, 4) is 22.5 Å². The highest BCUT2D eigenvalue weighted by atomic mass is 32.1. The summed E-state index contributed by atoms with van der Waals surface area (Å²) in [5, 5.41) is 7.54. The van der Waals surface area contributed by atoms with Crippen LogP contribution in [0.3, 0.4) is 0 Å². The monoisotopic (exact) mass is 924 g/mol. The second-order valence-corrected chi connectivity index (χ2v) is 19.2. The molecule has 4 nitrogen and oxygen atoms in total. The van der Waals surface area contributed by atoms with Gasteiger partial charge in [0.2, 0.25) is 0 Å². The van der Waals surface area contributed by atoms with Crippen molar-refractivity contribution in [2.24, 2.45) is 0 Å². The Labute approximate surface area is 415 Å². The molecular weight excluding hydrogens is 881 g/mol. The lowest BCUT2D eigenvalue weighted by Gasteiger charge is -2.27. The SMILES string of the molecule is c1ccc(N(c2cccc(-c3ccc(N(c4ccccc4)c4ccc5c6ccccc6n(-c6ccccc6)c5c4)cc3)c2)c2ccc3c(c2)c2cc4sc5ccccc5c4cc2n3-c2ccccc2)cc1. The molecule has 0 unspecified atom stereocenters. The number of hydrogen-bond donors (Lipinski definition) is 0. The summed E-state index contributed by atoms with van der Waals surface area (Å²) in [5.74, 6) is 0. The van der Waals surface area contributed by atoms with E-state index in [1.165, 1.54) is 63.8 Å². The maximum absolute atomic E-state index is 2.43. The van der Waals surface area contributed by atoms with Gasteiger partial charge in [-0.05, 0) is 139 Å². The number of para-hydroxylation sites is 5. The van der Waals surface area contributed by atoms with Gasteiger partial charge in [-0.3, -0.25) is 0 Å². The first kappa shape index (κ1) is 40.9. The van der Waals surface area contributed by atoms with Crippen LogP contribution in [0.5, 0.6) is 0 Å². The standard InChI is InChI=1S/C66H44N4S/c1-5-19-47(20-6-1)67(54-36-38-56-55-28-13-15-30-61(55)69(63(56)42-54)49-23-9-3-10-24-49)51-34-32-45(33-35-51)46-18-17-27-52(40-46)68(48-21-7-2-8-22-48)53-37-39-62-58(41-53)59-44-66-60(57-29-14-16-31-65(57)71-66)43-64(59)70(62)50-25-11-4-12-26-50/h1-44H. The number of aromatic nitrogens is 2. The maximum Gasteiger partial charge on any atom is 0.0561 e. The molecule has 14 rings (SSSR count). The first-order valence-corrected chi connectivity index (χ1v) is 25.0. The zero-order valence-electron chi connectivity index (χ0n) is 38.6. The molecule has 334 valence electrons. The maximum atomic E-state index is 2.43. The summed E-state index contributed by atoms with van der Waals surface area (Å²) < 4.78 is 7.43. The summed E-state index contributed by atoms with van der Waals surface area (Å²) in [7, 11) is 0. The van der Waals surface area contributed by atoms with E-state index in [0.29, 0.717) is 0 Å². The number of hydrogen-bond acceptors (Lipinski definition) is 3. The first-order chi connectivity index (χ1) is 35.2. The molecule has 0 saturated carbocycles. The largest absolute Gasteiger partial charge is 0.310 e. The summed E-state index contributed by atoms with van der Waals surface area (Å²) in [6, 6.07) is 97.0. The van der Waals surface area contributed by atoms with Crippen LogP contribution in [0.1, 0.15) is 0 Å². The molecule has 0 bridgehead atoms. The van der Waals surface area contributed by atoms with E-state index in [1.54, 1.807) is 0 Å². The quantitative estimate of drug-likeness (QED) is 0.143. The highest BCUT2D eigenvalue weighted by molar-refractivity contribution is 7.25. The second kappa shape index (κ2) is 16.8. The highest BCUT2D eigenvalue weighted by Crippen LogP contribution is 2.45. The van der Waals surface area contributed by atoms with Gasteiger partial charge in [-0.15, -0.1) is 11.3 Å². The van der Waals surface area contributed by atoms with Crippen LogP contribution in [-0.4, -0.2) is 9.13 Å². The van der Waals surface area contributed by atoms with Gasteiger partial charge in [-0.25, -0.2) is 0 Å². The van der Waals surface area contributed by atoms with Crippen molar-refractivity contribution in [2.75, 3.05) is 9.80 Å². The van der Waals surface area contributed by atoms with Crippen LogP contribution in [0.15, 0.2) is 267 Å². The molecule has 0 spiro atoms. The van der Waals surface area contributed by atoms with Gasteiger partial charge in [0.1, 0.15) is 0 Å². The van der Waals surface area contributed by atoms with Crippen molar-refractivity contribution in [3.05, 3.63) is 267 Å². The van der Waals surface area contributed by atoms with Crippen LogP contribution in [0.25, 0.3) is 86.3 Å². The van der Waals surface area contributed by atoms with Crippen molar-refractivity contribution < 1.29 is 0 Å². The minimum atomic E-state index is 1.08. The lowest BCUT2D eigenvalue weighted by molar-refractivity contribution is 1.18. The van der Waals surface area contributed by atoms with E-state index in [1.807, 2.05) is 11.3 Å². The van der Waals surface area contributed by atoms with E-state index in [0.717, 1.165) is 56.6 Å². The van der Waals surface area contributed by atoms with E-state index in [4.69, 9.17) is 0 Å². The molecule has 0 aliphatic heterocycles. The van der Waals surface area contributed by atoms with Crippen LogP contribution >= 0.6 is 11.3 Å². The average Bonchev–Trinajstić information content (AvgIpc) is 4.08. The Hall–Kier alpha value is -9.16. The Morgan fingerprint density at radius 2 is 0.718 bits per heavy atom. The predicted octanol–water partition coefficient (Wildman–Crippen LogP) is 18.9. The summed E-state index contributed by atoms with van der Waals surface area (Å²) in [4.78, 5) is 4.75. The van der Waals surface area contributed by atoms with E-state index in [9.17, 15) is 0 Å². The van der Waals surface area contributed by atoms with Crippen LogP contribution in [0, 0.1) is 0 Å². The number of thiophene rings is 1. The van der Waals surface area contributed by atoms with Crippen LogP contribution in [0.4, 0.5) is 34.1 Å². The Morgan fingerprint density at radius 1 is 0.239 bits per heavy atom. The number of fused-ring (bicyclic) bond motifs is 9. The summed E-state index contributed by atoms with van der Waals surface area (Å²) in [6.45, 7) is 0. The van der Waals surface area contributed by atoms with Crippen molar-refractivity contribution in [1.29, 1.82) is 0 Å². The first-order valence-electron chi connectivity index (χ1n) is 24.2. The van der Waals surface area contributed by atoms with Gasteiger partial charge in [0.25, 0.3) is 0 Å². The zero-order chi connectivity index (χ0) is 46.8. The fourth-order valence-electron chi connectivity index (χ4n) is 10.8. The van der Waals surface area contributed by atoms with Crippen LogP contribution in [0.2, 0.25) is 0 Å². The summed E-state index contributed by atoms with van der Waals surface area (Å²) >= 11 is 1.87. The van der Waals surface area contributed by atoms with Gasteiger partial charge in [-0.1, -0.05) is 140 Å². The molecule has 0 atom stereocenters. The number of anilines is 6. The van der Waals surface area contributed by atoms with Crippen molar-refractivity contribution in [2.45, 2.75) is 0 Å². The van der Waals surface area contributed by atoms with E-state index >= 15 is 0 Å². The Bertz CT molecular complexity index is 4270. The summed E-state index contributed by atoms with van der Waals surface area (Å²) in [5.41, 5.74) is 15.9. The average molecular weight is 925 g/mol. The fraction of sp³-hybridized carbons (Fsp3) is 0. The normalized spacial score (nSPS) is 11.7. The van der Waals surface area contributed by atoms with Crippen molar-refractivity contribution in [1.82, 2.24) is 9.13 Å². The lowest BCUT2D eigenvalue weighted by Crippen LogP contribution is -2.10. The van der Waals surface area contributed by atoms with Gasteiger partial charge < -0.3 is 18.9 Å². The van der Waals surface area contributed by atoms with Gasteiger partial charge in [0.05, 0.1) is 22.1 Å². The molecule has 0 radical (unpaired) electrons. The number of nitrogens with zero attached hydrogens (tertiary/aromatic N) is 4. The lowest BCUT2D eigenvalue weighted by atomic mass is 10.0. The molecule has 0 aliphatic carbocycles. The van der Waals surface area contributed by atoms with Crippen LogP contribution < -0.4 is 9.80 Å². The topological polar surface area (TPSA) is 16.3 Å². The molecule has 0 saturated heterocycles. The van der Waals surface area contributed by atoms with Gasteiger partial charge in [-0.2, -0.15) is 0 Å². The summed E-state index contributed by atoms with van der Waals surface area (Å²) in [6.07, 6.45) is 0. The molecule has 3 aromatic heterocycles. The molecule has 11 aromatic carbocycles. The Balaban J connectivity index is 0.873. The van der Waals surface area contributed by atoms with E-state index < -0.39 is 0 Å². The van der Waals surface area contributed by atoms with Gasteiger partial charge in [0, 0.05) is 87.2 Å². The molecule has 5 heteroatoms. The molecule has 71 heavy (non-hydrogen) atoms. The molecule has 14 aromatic rings. The molecule has 3 heterocycles. The molecule has 0 N–H and O–H groups in total. The Morgan fingerprint density at radius 3 is 1.42 bits per heavy atom. The van der Waals surface area contributed by atoms with E-state index in [-0.39, 0.29) is 0 Å². The molecule has 0 amide bonds. The van der Waals surface area contributed by atoms with Gasteiger partial charge >= 0.3 is 0 Å². The van der Waals surface area contributed by atoms with Crippen molar-refractivity contribution in [3.63, 3.8) is 0 Å². The molecular formula is C66H44N4S. The van der Waals surface area contributed by atoms with Crippen molar-refractivity contribution >= 4 is 109 Å². The zero-order valence-corrected chi connectivity index (χ0v) is 39.4. The third-order valence-electron chi connectivity index (χ3n) is 14.0. The van der Waals surface area contributed by atoms with Gasteiger partial charge in [0.15, 0.2) is 0 Å². The smallest absolute Gasteiger partial charge is 0.0561 e. The second-order valence-electron chi connectivity index (χ2n) is 18.2. The molecule has 0 aliphatic rings. The fourth-order valence-corrected chi connectivity index (χ4v) is 12.0. The predicted molar refractivity (Wildman–Crippen MR) is 303 cm³/mol. The van der Waals surface area contributed by atoms with Crippen LogP contribution in [-0.2, 0) is 0 Å². The minimum absolute atomic E-state index is 1.08. The highest BCUT2D eigenvalue weighted by Gasteiger charge is 2.21.